The summed E-state index contributed by atoms with van der Waals surface area (Å²) in [4.78, 5) is 20.6. The van der Waals surface area contributed by atoms with Gasteiger partial charge in [-0.25, -0.2) is 4.39 Å². The first kappa shape index (κ1) is 21.2. The van der Waals surface area contributed by atoms with E-state index >= 15 is 0 Å². The molecular formula is C26H26FN5O. The van der Waals surface area contributed by atoms with Crippen LogP contribution in [0.1, 0.15) is 46.9 Å². The van der Waals surface area contributed by atoms with Crippen LogP contribution >= 0.6 is 0 Å². The molecule has 0 unspecified atom stereocenters. The number of H-pyrrole nitrogens is 1. The number of carbonyl (C=O) groups excluding carboxylic acids is 1. The number of nitrogens with one attached hydrogen (secondary N) is 4. The molecule has 1 amide bonds. The van der Waals surface area contributed by atoms with Crippen molar-refractivity contribution in [2.45, 2.75) is 38.6 Å². The number of carbonyl (C=O) groups is 1. The van der Waals surface area contributed by atoms with Gasteiger partial charge in [-0.05, 0) is 51.4 Å². The van der Waals surface area contributed by atoms with Crippen LogP contribution in [-0.4, -0.2) is 34.5 Å². The van der Waals surface area contributed by atoms with Gasteiger partial charge in [0.05, 0.1) is 28.0 Å². The first-order valence-corrected chi connectivity index (χ1v) is 11.2. The Morgan fingerprint density at radius 2 is 2.12 bits per heavy atom. The van der Waals surface area contributed by atoms with Crippen LogP contribution in [0.5, 0.6) is 0 Å². The predicted octanol–water partition coefficient (Wildman–Crippen LogP) is 4.05. The molecule has 0 saturated carbocycles. The highest BCUT2D eigenvalue weighted by molar-refractivity contribution is 6.06. The predicted molar refractivity (Wildman–Crippen MR) is 127 cm³/mol. The Kier molecular flexibility index (Phi) is 5.39. The fourth-order valence-electron chi connectivity index (χ4n) is 4.50. The van der Waals surface area contributed by atoms with Crippen LogP contribution in [0.25, 0.3) is 11.3 Å². The van der Waals surface area contributed by atoms with Gasteiger partial charge in [0.25, 0.3) is 5.91 Å². The molecule has 4 heterocycles. The highest BCUT2D eigenvalue weighted by Crippen LogP contribution is 2.38. The van der Waals surface area contributed by atoms with Crippen molar-refractivity contribution in [3.8, 4) is 23.1 Å². The Morgan fingerprint density at radius 1 is 1.24 bits per heavy atom. The first-order valence-electron chi connectivity index (χ1n) is 11.2. The molecule has 0 radical (unpaired) electrons. The number of fused-ring (bicyclic) bond motifs is 1. The number of hydrogen-bond donors (Lipinski definition) is 4. The normalized spacial score (nSPS) is 19.4. The number of halogens is 1. The zero-order valence-electron chi connectivity index (χ0n) is 18.7. The standard InChI is InChI=1S/C26H26FN5O/c1-16-19(27)5-3-6-20(16)31-24-22-21(9-14-29-25(22)33)32-23(24)18-8-13-28-15-17(18)7-11-26(2)10-4-12-30-26/h3,5-6,8,13,15,30-32H,4,9-10,12,14H2,1-2H3,(H,29,33)/t26-/m1/s1. The Morgan fingerprint density at radius 3 is 2.94 bits per heavy atom. The van der Waals surface area contributed by atoms with Crippen LogP contribution in [-0.2, 0) is 6.42 Å². The Labute approximate surface area is 192 Å². The molecule has 5 rings (SSSR count). The number of hydrogen-bond acceptors (Lipinski definition) is 4. The van der Waals surface area contributed by atoms with E-state index in [0.29, 0.717) is 35.5 Å². The lowest BCUT2D eigenvalue weighted by molar-refractivity contribution is 0.0947. The quantitative estimate of drug-likeness (QED) is 0.461. The smallest absolute Gasteiger partial charge is 0.255 e. The number of anilines is 2. The van der Waals surface area contributed by atoms with Crippen LogP contribution in [0.4, 0.5) is 15.8 Å². The third-order valence-electron chi connectivity index (χ3n) is 6.42. The van der Waals surface area contributed by atoms with Crippen molar-refractivity contribution < 1.29 is 9.18 Å². The minimum atomic E-state index is -0.303. The van der Waals surface area contributed by atoms with Crippen LogP contribution in [0.2, 0.25) is 0 Å². The summed E-state index contributed by atoms with van der Waals surface area (Å²) < 4.78 is 14.2. The van der Waals surface area contributed by atoms with Gasteiger partial charge in [-0.15, -0.1) is 0 Å². The number of rotatable bonds is 3. The third-order valence-corrected chi connectivity index (χ3v) is 6.42. The SMILES string of the molecule is Cc1c(F)cccc1Nc1c(-c2ccncc2C#C[C@@]2(C)CCCN2)[nH]c2c1C(=O)NCC2. The van der Waals surface area contributed by atoms with Crippen molar-refractivity contribution in [2.75, 3.05) is 18.4 Å². The lowest BCUT2D eigenvalue weighted by Crippen LogP contribution is -2.34. The van der Waals surface area contributed by atoms with E-state index < -0.39 is 0 Å². The molecule has 3 aromatic rings. The van der Waals surface area contributed by atoms with Crippen molar-refractivity contribution in [1.29, 1.82) is 0 Å². The molecule has 1 aromatic carbocycles. The lowest BCUT2D eigenvalue weighted by atomic mass is 9.99. The number of aromatic nitrogens is 2. The summed E-state index contributed by atoms with van der Waals surface area (Å²) in [6.45, 7) is 5.36. The van der Waals surface area contributed by atoms with Gasteiger partial charge < -0.3 is 20.9 Å². The minimum Gasteiger partial charge on any atom is -0.356 e. The maximum absolute atomic E-state index is 14.2. The molecule has 1 saturated heterocycles. The summed E-state index contributed by atoms with van der Waals surface area (Å²) in [5, 5.41) is 9.71. The zero-order chi connectivity index (χ0) is 23.0. The number of benzene rings is 1. The fourth-order valence-corrected chi connectivity index (χ4v) is 4.50. The van der Waals surface area contributed by atoms with Crippen LogP contribution in [0.3, 0.4) is 0 Å². The van der Waals surface area contributed by atoms with Gasteiger partial charge in [-0.3, -0.25) is 9.78 Å². The van der Waals surface area contributed by atoms with E-state index in [-0.39, 0.29) is 17.3 Å². The second-order valence-corrected chi connectivity index (χ2v) is 8.81. The molecule has 168 valence electrons. The second kappa shape index (κ2) is 8.38. The topological polar surface area (TPSA) is 81.8 Å². The van der Waals surface area contributed by atoms with Crippen LogP contribution in [0, 0.1) is 24.6 Å². The van der Waals surface area contributed by atoms with Crippen molar-refractivity contribution >= 4 is 17.3 Å². The molecule has 4 N–H and O–H groups in total. The van der Waals surface area contributed by atoms with E-state index in [1.165, 1.54) is 6.07 Å². The summed E-state index contributed by atoms with van der Waals surface area (Å²) >= 11 is 0. The Hall–Kier alpha value is -3.63. The van der Waals surface area contributed by atoms with E-state index in [4.69, 9.17) is 0 Å². The molecular weight excluding hydrogens is 417 g/mol. The van der Waals surface area contributed by atoms with Crippen LogP contribution < -0.4 is 16.0 Å². The van der Waals surface area contributed by atoms with Gasteiger partial charge in [0.2, 0.25) is 0 Å². The summed E-state index contributed by atoms with van der Waals surface area (Å²) in [5.74, 6) is 6.23. The van der Waals surface area contributed by atoms with Crippen molar-refractivity contribution in [2.24, 2.45) is 0 Å². The summed E-state index contributed by atoms with van der Waals surface area (Å²) in [6.07, 6.45) is 6.25. The van der Waals surface area contributed by atoms with Crippen LogP contribution in [0.15, 0.2) is 36.7 Å². The number of pyridine rings is 1. The van der Waals surface area contributed by atoms with Gasteiger partial charge >= 0.3 is 0 Å². The second-order valence-electron chi connectivity index (χ2n) is 8.81. The zero-order valence-corrected chi connectivity index (χ0v) is 18.7. The monoisotopic (exact) mass is 443 g/mol. The fraction of sp³-hybridized carbons (Fsp3) is 0.308. The largest absolute Gasteiger partial charge is 0.356 e. The van der Waals surface area contributed by atoms with E-state index in [9.17, 15) is 9.18 Å². The molecule has 1 atom stereocenters. The van der Waals surface area contributed by atoms with Crippen molar-refractivity contribution in [1.82, 2.24) is 20.6 Å². The molecule has 2 aliphatic rings. The number of nitrogens with zero attached hydrogens (tertiary/aromatic N) is 1. The first-order chi connectivity index (χ1) is 16.0. The minimum absolute atomic E-state index is 0.153. The molecule has 2 aromatic heterocycles. The summed E-state index contributed by atoms with van der Waals surface area (Å²) in [6, 6.07) is 6.78. The highest BCUT2D eigenvalue weighted by Gasteiger charge is 2.29. The lowest BCUT2D eigenvalue weighted by Gasteiger charge is -2.17. The Balaban J connectivity index is 1.65. The summed E-state index contributed by atoms with van der Waals surface area (Å²) in [7, 11) is 0. The molecule has 0 aliphatic carbocycles. The highest BCUT2D eigenvalue weighted by atomic mass is 19.1. The molecule has 7 heteroatoms. The molecule has 0 spiro atoms. The van der Waals surface area contributed by atoms with E-state index in [2.05, 4.69) is 44.7 Å². The van der Waals surface area contributed by atoms with Gasteiger partial charge in [0.15, 0.2) is 0 Å². The van der Waals surface area contributed by atoms with E-state index in [0.717, 1.165) is 41.9 Å². The molecule has 33 heavy (non-hydrogen) atoms. The maximum Gasteiger partial charge on any atom is 0.255 e. The number of amides is 1. The molecule has 2 aliphatic heterocycles. The van der Waals surface area contributed by atoms with Crippen molar-refractivity contribution in [3.05, 3.63) is 64.9 Å². The summed E-state index contributed by atoms with van der Waals surface area (Å²) in [5.41, 5.74) is 5.27. The van der Waals surface area contributed by atoms with Gasteiger partial charge in [0, 0.05) is 47.9 Å². The van der Waals surface area contributed by atoms with E-state index in [1.807, 2.05) is 12.1 Å². The Bertz CT molecular complexity index is 1290. The van der Waals surface area contributed by atoms with Crippen molar-refractivity contribution in [3.63, 3.8) is 0 Å². The third kappa shape index (κ3) is 3.98. The number of aromatic amines is 1. The van der Waals surface area contributed by atoms with Gasteiger partial charge in [0.1, 0.15) is 5.82 Å². The van der Waals surface area contributed by atoms with E-state index in [1.54, 1.807) is 25.4 Å². The molecule has 1 fully saturated rings. The van der Waals surface area contributed by atoms with Gasteiger partial charge in [-0.1, -0.05) is 17.9 Å². The average molecular weight is 444 g/mol. The average Bonchev–Trinajstić information content (AvgIpc) is 3.41. The van der Waals surface area contributed by atoms with Gasteiger partial charge in [-0.2, -0.15) is 0 Å². The maximum atomic E-state index is 14.2. The molecule has 6 nitrogen and oxygen atoms in total. The molecule has 0 bridgehead atoms.